The second kappa shape index (κ2) is 2.46. The second-order valence-corrected chi connectivity index (χ2v) is 1.22. The van der Waals surface area contributed by atoms with Crippen LogP contribution >= 0.6 is 0 Å². The van der Waals surface area contributed by atoms with Gasteiger partial charge in [0.25, 0.3) is 0 Å². The SMILES string of the molecule is [2H]C([2H])([2H])C1([2H])NC([2H])([2H])C([2H])([2H])C([2H])([2H])C1([2H])O. The highest BCUT2D eigenvalue weighted by atomic mass is 16.3. The summed E-state index contributed by atoms with van der Waals surface area (Å²) in [4.78, 5) is 0. The maximum Gasteiger partial charge on any atom is 0.0690 e. The van der Waals surface area contributed by atoms with Gasteiger partial charge in [0.1, 0.15) is 0 Å². The summed E-state index contributed by atoms with van der Waals surface area (Å²) < 4.78 is 80.7. The molecule has 1 saturated heterocycles. The number of rotatable bonds is 0. The zero-order valence-corrected chi connectivity index (χ0v) is 3.95. The van der Waals surface area contributed by atoms with Crippen molar-refractivity contribution in [1.82, 2.24) is 5.32 Å². The van der Waals surface area contributed by atoms with Crippen molar-refractivity contribution in [2.24, 2.45) is 0 Å². The summed E-state index contributed by atoms with van der Waals surface area (Å²) in [6.45, 7) is -6.72. The van der Waals surface area contributed by atoms with E-state index >= 15 is 0 Å². The van der Waals surface area contributed by atoms with Crippen molar-refractivity contribution in [3.8, 4) is 0 Å². The van der Waals surface area contributed by atoms with E-state index in [-0.39, 0.29) is 0 Å². The highest BCUT2D eigenvalue weighted by Crippen LogP contribution is 2.06. The zero-order valence-electron chi connectivity index (χ0n) is 14.9. The number of hydrogen-bond acceptors (Lipinski definition) is 2. The molecule has 48 valence electrons. The molecule has 0 aliphatic carbocycles. The van der Waals surface area contributed by atoms with E-state index in [1.165, 1.54) is 5.32 Å². The van der Waals surface area contributed by atoms with E-state index < -0.39 is 38.2 Å². The third-order valence-electron chi connectivity index (χ3n) is 0.668. The van der Waals surface area contributed by atoms with E-state index in [2.05, 4.69) is 0 Å². The quantitative estimate of drug-likeness (QED) is 0.483. The van der Waals surface area contributed by atoms with E-state index in [4.69, 9.17) is 15.1 Å². The Hall–Kier alpha value is -0.0800. The van der Waals surface area contributed by atoms with Gasteiger partial charge in [0.15, 0.2) is 0 Å². The highest BCUT2D eigenvalue weighted by molar-refractivity contribution is 4.75. The molecule has 2 unspecified atom stereocenters. The zero-order chi connectivity index (χ0) is 15.7. The van der Waals surface area contributed by atoms with E-state index in [1.807, 2.05) is 0 Å². The van der Waals surface area contributed by atoms with E-state index in [0.717, 1.165) is 0 Å². The van der Waals surface area contributed by atoms with Gasteiger partial charge >= 0.3 is 0 Å². The molecular weight excluding hydrogens is 102 g/mol. The number of hydrogen-bond donors (Lipinski definition) is 2. The first-order valence-electron chi connectivity index (χ1n) is 7.47. The molecule has 1 heterocycles. The Morgan fingerprint density at radius 3 is 3.75 bits per heavy atom. The van der Waals surface area contributed by atoms with Crippen LogP contribution in [0.15, 0.2) is 0 Å². The summed E-state index contributed by atoms with van der Waals surface area (Å²) in [6.07, 6.45) is -10.8. The Kier molecular flexibility index (Phi) is 0.326. The van der Waals surface area contributed by atoms with Gasteiger partial charge in [0.2, 0.25) is 0 Å². The maximum atomic E-state index is 9.80. The minimum absolute atomic E-state index is 1.43. The van der Waals surface area contributed by atoms with Crippen LogP contribution in [0.25, 0.3) is 0 Å². The fourth-order valence-electron chi connectivity index (χ4n) is 0.306. The van der Waals surface area contributed by atoms with Crippen molar-refractivity contribution >= 4 is 0 Å². The summed E-state index contributed by atoms with van der Waals surface area (Å²) >= 11 is 0. The number of nitrogens with one attached hydrogen (secondary N) is 1. The highest BCUT2D eigenvalue weighted by Gasteiger charge is 2.16. The molecule has 0 spiro atoms. The fourth-order valence-corrected chi connectivity index (χ4v) is 0.306. The van der Waals surface area contributed by atoms with E-state index in [1.54, 1.807) is 0 Å². The van der Waals surface area contributed by atoms with Gasteiger partial charge in [-0.05, 0) is 26.1 Å². The maximum absolute atomic E-state index is 9.80. The van der Waals surface area contributed by atoms with Crippen molar-refractivity contribution in [3.05, 3.63) is 0 Å². The van der Waals surface area contributed by atoms with Gasteiger partial charge in [-0.2, -0.15) is 0 Å². The van der Waals surface area contributed by atoms with Gasteiger partial charge in [0, 0.05) is 19.7 Å². The van der Waals surface area contributed by atoms with Crippen molar-refractivity contribution < 1.29 is 20.2 Å². The molecule has 2 heteroatoms. The average molecular weight is 126 g/mol. The van der Waals surface area contributed by atoms with Gasteiger partial charge in [-0.1, -0.05) is 0 Å². The van der Waals surface area contributed by atoms with Crippen LogP contribution < -0.4 is 5.32 Å². The summed E-state index contributed by atoms with van der Waals surface area (Å²) in [5.74, 6) is 0. The molecule has 0 bridgehead atoms. The van der Waals surface area contributed by atoms with Crippen LogP contribution in [-0.4, -0.2) is 23.7 Å². The molecule has 0 aromatic heterocycles. The van der Waals surface area contributed by atoms with Crippen LogP contribution in [0.3, 0.4) is 0 Å². The van der Waals surface area contributed by atoms with E-state index in [0.29, 0.717) is 0 Å². The minimum atomic E-state index is -3.74. The summed E-state index contributed by atoms with van der Waals surface area (Å²) in [5, 5.41) is 11.2. The van der Waals surface area contributed by atoms with E-state index in [9.17, 15) is 5.11 Å². The molecule has 2 nitrogen and oxygen atoms in total. The topological polar surface area (TPSA) is 32.3 Å². The molecule has 0 aromatic rings. The van der Waals surface area contributed by atoms with Crippen molar-refractivity contribution in [1.29, 1.82) is 0 Å². The predicted octanol–water partition coefficient (Wildman–Crippen LogP) is 0.119. The van der Waals surface area contributed by atoms with Crippen LogP contribution in [0.5, 0.6) is 0 Å². The fraction of sp³-hybridized carbons (Fsp3) is 1.00. The van der Waals surface area contributed by atoms with Gasteiger partial charge < -0.3 is 10.4 Å². The monoisotopic (exact) mass is 126 g/mol. The Morgan fingerprint density at radius 2 is 3.00 bits per heavy atom. The molecule has 0 saturated carbocycles. The molecule has 2 atom stereocenters. The molecule has 1 rings (SSSR count). The van der Waals surface area contributed by atoms with Gasteiger partial charge in [-0.3, -0.25) is 0 Å². The lowest BCUT2D eigenvalue weighted by Crippen LogP contribution is -2.42. The first kappa shape index (κ1) is 1.06. The smallest absolute Gasteiger partial charge is 0.0690 e. The lowest BCUT2D eigenvalue weighted by Gasteiger charge is -2.25. The first-order valence-corrected chi connectivity index (χ1v) is 1.97. The normalized spacial score (nSPS) is 98.9. The first-order chi connectivity index (χ1) is 7.96. The number of piperidine rings is 1. The van der Waals surface area contributed by atoms with Crippen molar-refractivity contribution in [2.45, 2.75) is 31.7 Å². The second-order valence-electron chi connectivity index (χ2n) is 1.22. The van der Waals surface area contributed by atoms with Crippen LogP contribution in [0, 0.1) is 0 Å². The average Bonchev–Trinajstić information content (AvgIpc) is 2.12. The van der Waals surface area contributed by atoms with Crippen LogP contribution in [0.2, 0.25) is 0 Å². The minimum Gasteiger partial charge on any atom is -0.392 e. The van der Waals surface area contributed by atoms with Crippen LogP contribution in [0.1, 0.15) is 34.7 Å². The largest absolute Gasteiger partial charge is 0.392 e. The van der Waals surface area contributed by atoms with Crippen molar-refractivity contribution in [3.63, 3.8) is 0 Å². The molecule has 1 aliphatic heterocycles. The third-order valence-corrected chi connectivity index (χ3v) is 0.668. The van der Waals surface area contributed by atoms with Crippen LogP contribution in [0.4, 0.5) is 0 Å². The van der Waals surface area contributed by atoms with Crippen LogP contribution in [-0.2, 0) is 0 Å². The lowest BCUT2D eigenvalue weighted by atomic mass is 10.0. The summed E-state index contributed by atoms with van der Waals surface area (Å²) in [5.41, 5.74) is 0. The lowest BCUT2D eigenvalue weighted by molar-refractivity contribution is 0.104. The molecule has 0 aromatic carbocycles. The Labute approximate surface area is 65.4 Å². The van der Waals surface area contributed by atoms with Gasteiger partial charge in [-0.15, -0.1) is 0 Å². The standard InChI is InChI=1S/C6H13NO/c1-5-6(8)3-2-4-7-5/h5-8H,2-4H2,1H3/i1D3,2D2,3D2,4D2,5D,6D. The molecule has 1 fully saturated rings. The summed E-state index contributed by atoms with van der Waals surface area (Å²) in [6, 6.07) is -3.43. The molecular formula is C6H13NO. The van der Waals surface area contributed by atoms with Gasteiger partial charge in [-0.25, -0.2) is 0 Å². The predicted molar refractivity (Wildman–Crippen MR) is 32.7 cm³/mol. The summed E-state index contributed by atoms with van der Waals surface area (Å²) in [7, 11) is 0. The molecule has 2 N–H and O–H groups in total. The molecule has 1 aliphatic rings. The Bertz CT molecular complexity index is 387. The third kappa shape index (κ3) is 1.20. The Morgan fingerprint density at radius 1 is 2.12 bits per heavy atom. The molecule has 0 radical (unpaired) electrons. The molecule has 0 amide bonds. The molecule has 8 heavy (non-hydrogen) atoms. The van der Waals surface area contributed by atoms with Gasteiger partial charge in [0.05, 0.1) is 7.45 Å². The number of aliphatic hydroxyl groups is 1. The Balaban J connectivity index is 3.60. The van der Waals surface area contributed by atoms with Crippen molar-refractivity contribution in [2.75, 3.05) is 6.50 Å².